The molecule has 4 aromatic rings. The lowest BCUT2D eigenvalue weighted by Gasteiger charge is -2.24. The van der Waals surface area contributed by atoms with Crippen molar-refractivity contribution in [2.75, 3.05) is 13.7 Å². The van der Waals surface area contributed by atoms with E-state index in [1.165, 1.54) is 12.7 Å². The Bertz CT molecular complexity index is 1470. The maximum Gasteiger partial charge on any atom is 0.335 e. The number of aryl methyl sites for hydroxylation is 2. The smallest absolute Gasteiger partial charge is 0.335 e. The zero-order chi connectivity index (χ0) is 27.9. The van der Waals surface area contributed by atoms with Gasteiger partial charge in [0.05, 0.1) is 26.0 Å². The monoisotopic (exact) mass is 537 g/mol. The molecule has 1 aliphatic carbocycles. The highest BCUT2D eigenvalue weighted by Crippen LogP contribution is 2.36. The number of methoxy groups -OCH3 is 1. The van der Waals surface area contributed by atoms with Gasteiger partial charge in [-0.2, -0.15) is 0 Å². The van der Waals surface area contributed by atoms with E-state index < -0.39 is 6.10 Å². The number of carbonyl (C=O) groups is 1. The quantitative estimate of drug-likeness (QED) is 0.191. The van der Waals surface area contributed by atoms with Crippen LogP contribution in [0.25, 0.3) is 17.0 Å². The van der Waals surface area contributed by atoms with Gasteiger partial charge in [-0.1, -0.05) is 66.2 Å². The van der Waals surface area contributed by atoms with Crippen LogP contribution in [0.1, 0.15) is 46.5 Å². The average molecular weight is 538 g/mol. The summed E-state index contributed by atoms with van der Waals surface area (Å²) < 4.78 is 23.3. The summed E-state index contributed by atoms with van der Waals surface area (Å²) >= 11 is 0. The molecule has 0 spiro atoms. The summed E-state index contributed by atoms with van der Waals surface area (Å²) in [6.07, 6.45) is 4.34. The van der Waals surface area contributed by atoms with Crippen molar-refractivity contribution < 1.29 is 23.4 Å². The molecule has 3 aromatic carbocycles. The van der Waals surface area contributed by atoms with Gasteiger partial charge in [-0.25, -0.2) is 9.78 Å². The number of nitrogens with zero attached hydrogens (tertiary/aromatic N) is 1. The Labute approximate surface area is 235 Å². The Morgan fingerprint density at radius 1 is 1.00 bits per heavy atom. The zero-order valence-corrected chi connectivity index (χ0v) is 23.3. The average Bonchev–Trinajstić information content (AvgIpc) is 3.36. The second-order valence-corrected chi connectivity index (χ2v) is 10.0. The molecule has 0 aliphatic heterocycles. The second-order valence-electron chi connectivity index (χ2n) is 10.0. The van der Waals surface area contributed by atoms with E-state index in [1.807, 2.05) is 61.5 Å². The number of hydrogen-bond acceptors (Lipinski definition) is 6. The van der Waals surface area contributed by atoms with E-state index in [1.54, 1.807) is 0 Å². The predicted octanol–water partition coefficient (Wildman–Crippen LogP) is 7.06. The lowest BCUT2D eigenvalue weighted by Crippen LogP contribution is -2.26. The molecule has 1 unspecified atom stereocenters. The Hall–Kier alpha value is -4.16. The van der Waals surface area contributed by atoms with Crippen molar-refractivity contribution in [2.45, 2.75) is 52.2 Å². The molecule has 0 bridgehead atoms. The number of esters is 1. The molecule has 0 amide bonds. The predicted molar refractivity (Wildman–Crippen MR) is 155 cm³/mol. The van der Waals surface area contributed by atoms with Gasteiger partial charge < -0.3 is 18.6 Å². The second kappa shape index (κ2) is 12.8. The fourth-order valence-corrected chi connectivity index (χ4v) is 5.00. The molecule has 0 radical (unpaired) electrons. The van der Waals surface area contributed by atoms with Gasteiger partial charge in [-0.05, 0) is 61.6 Å². The Morgan fingerprint density at radius 3 is 2.58 bits per heavy atom. The summed E-state index contributed by atoms with van der Waals surface area (Å²) in [5.74, 6) is 1.94. The van der Waals surface area contributed by atoms with E-state index in [9.17, 15) is 4.79 Å². The van der Waals surface area contributed by atoms with Crippen LogP contribution in [-0.4, -0.2) is 30.8 Å². The number of benzene rings is 3. The van der Waals surface area contributed by atoms with Crippen molar-refractivity contribution in [3.63, 3.8) is 0 Å². The van der Waals surface area contributed by atoms with Crippen LogP contribution >= 0.6 is 0 Å². The fraction of sp³-hybridized carbons (Fsp3) is 0.294. The van der Waals surface area contributed by atoms with Gasteiger partial charge in [0.25, 0.3) is 0 Å². The van der Waals surface area contributed by atoms with E-state index in [2.05, 4.69) is 31.2 Å². The highest BCUT2D eigenvalue weighted by molar-refractivity contribution is 5.80. The topological polar surface area (TPSA) is 70.8 Å². The summed E-state index contributed by atoms with van der Waals surface area (Å²) in [5, 5.41) is 0. The zero-order valence-electron chi connectivity index (χ0n) is 23.3. The van der Waals surface area contributed by atoms with Crippen molar-refractivity contribution in [3.8, 4) is 17.2 Å². The Morgan fingerprint density at radius 2 is 1.80 bits per heavy atom. The van der Waals surface area contributed by atoms with E-state index in [0.717, 1.165) is 57.9 Å². The van der Waals surface area contributed by atoms with Crippen LogP contribution in [0.15, 0.2) is 83.3 Å². The lowest BCUT2D eigenvalue weighted by molar-refractivity contribution is -0.154. The van der Waals surface area contributed by atoms with Crippen LogP contribution in [0.4, 0.5) is 0 Å². The number of aromatic nitrogens is 1. The molecule has 0 saturated carbocycles. The third-order valence-electron chi connectivity index (χ3n) is 7.22. The molecule has 40 heavy (non-hydrogen) atoms. The van der Waals surface area contributed by atoms with Crippen LogP contribution in [-0.2, 0) is 33.7 Å². The van der Waals surface area contributed by atoms with E-state index >= 15 is 0 Å². The molecular formula is C34H35NO5. The van der Waals surface area contributed by atoms with E-state index in [0.29, 0.717) is 31.9 Å². The summed E-state index contributed by atoms with van der Waals surface area (Å²) in [6, 6.07) is 24.1. The number of hydrogen-bond donors (Lipinski definition) is 0. The van der Waals surface area contributed by atoms with Crippen LogP contribution in [0.5, 0.6) is 5.75 Å². The van der Waals surface area contributed by atoms with Crippen molar-refractivity contribution in [1.29, 1.82) is 0 Å². The summed E-state index contributed by atoms with van der Waals surface area (Å²) in [4.78, 5) is 17.3. The molecule has 1 aromatic heterocycles. The van der Waals surface area contributed by atoms with Crippen LogP contribution in [0.2, 0.25) is 0 Å². The summed E-state index contributed by atoms with van der Waals surface area (Å²) in [6.45, 7) is 4.84. The first-order chi connectivity index (χ1) is 19.5. The van der Waals surface area contributed by atoms with Crippen molar-refractivity contribution in [2.24, 2.45) is 0 Å². The van der Waals surface area contributed by atoms with Crippen LogP contribution in [0, 0.1) is 13.8 Å². The molecular weight excluding hydrogens is 502 g/mol. The number of ether oxygens (including phenoxy) is 3. The largest absolute Gasteiger partial charge is 0.493 e. The molecule has 206 valence electrons. The molecule has 0 N–H and O–H groups in total. The molecule has 1 atom stereocenters. The maximum absolute atomic E-state index is 12.6. The molecule has 0 fully saturated rings. The van der Waals surface area contributed by atoms with Gasteiger partial charge in [0, 0.05) is 24.0 Å². The van der Waals surface area contributed by atoms with Gasteiger partial charge in [0.15, 0.2) is 6.10 Å². The van der Waals surface area contributed by atoms with E-state index in [4.69, 9.17) is 23.6 Å². The minimum Gasteiger partial charge on any atom is -0.493 e. The first-order valence-electron chi connectivity index (χ1n) is 13.7. The molecule has 6 heteroatoms. The normalized spacial score (nSPS) is 13.3. The lowest BCUT2D eigenvalue weighted by atomic mass is 9.87. The van der Waals surface area contributed by atoms with Crippen molar-refractivity contribution in [3.05, 3.63) is 113 Å². The minimum absolute atomic E-state index is 0.344. The van der Waals surface area contributed by atoms with Gasteiger partial charge in [0.1, 0.15) is 11.5 Å². The van der Waals surface area contributed by atoms with Crippen LogP contribution < -0.4 is 4.74 Å². The van der Waals surface area contributed by atoms with Crippen LogP contribution in [0.3, 0.4) is 0 Å². The summed E-state index contributed by atoms with van der Waals surface area (Å²) in [5.41, 5.74) is 7.41. The van der Waals surface area contributed by atoms with Gasteiger partial charge in [-0.15, -0.1) is 0 Å². The number of carbonyl (C=O) groups excluding carboxylic acids is 1. The molecule has 5 rings (SSSR count). The van der Waals surface area contributed by atoms with Gasteiger partial charge >= 0.3 is 5.97 Å². The number of rotatable bonds is 11. The van der Waals surface area contributed by atoms with Crippen molar-refractivity contribution >= 4 is 11.5 Å². The third kappa shape index (κ3) is 6.52. The minimum atomic E-state index is -0.690. The number of fused-ring (bicyclic) bond motifs is 1. The summed E-state index contributed by atoms with van der Waals surface area (Å²) in [7, 11) is 1.40. The highest BCUT2D eigenvalue weighted by Gasteiger charge is 2.25. The Balaban J connectivity index is 1.25. The first kappa shape index (κ1) is 27.4. The van der Waals surface area contributed by atoms with Gasteiger partial charge in [-0.3, -0.25) is 0 Å². The molecule has 1 aliphatic rings. The maximum atomic E-state index is 12.6. The Kier molecular flexibility index (Phi) is 8.77. The SMILES string of the molecule is COC(=O)C(CC1=CCCc2c(OCCc3nc(-c4ccc(C)cc4)oc3C)cccc21)OCc1ccccc1. The molecule has 1 heterocycles. The third-order valence-corrected chi connectivity index (χ3v) is 7.22. The van der Waals surface area contributed by atoms with E-state index in [-0.39, 0.29) is 5.97 Å². The fourth-order valence-electron chi connectivity index (χ4n) is 5.00. The number of allylic oxidation sites excluding steroid dienone is 1. The first-order valence-corrected chi connectivity index (χ1v) is 13.7. The van der Waals surface area contributed by atoms with Gasteiger partial charge in [0.2, 0.25) is 5.89 Å². The highest BCUT2D eigenvalue weighted by atomic mass is 16.6. The molecule has 6 nitrogen and oxygen atoms in total. The molecule has 0 saturated heterocycles. The standard InChI is InChI=1S/C34H35NO5/c1-23-15-17-26(18-16-23)33-35-30(24(2)40-33)19-20-38-31-14-8-12-28-27(11-7-13-29(28)31)21-32(34(36)37-3)39-22-25-9-5-4-6-10-25/h4-6,8-12,14-18,32H,7,13,19-22H2,1-3H3. The van der Waals surface area contributed by atoms with Crippen molar-refractivity contribution in [1.82, 2.24) is 4.98 Å². The number of oxazole rings is 1.